The first-order chi connectivity index (χ1) is 7.66. The van der Waals surface area contributed by atoms with Crippen LogP contribution in [0.4, 0.5) is 17.1 Å². The topological polar surface area (TPSA) is 29.3 Å². The molecule has 0 aliphatic heterocycles. The van der Waals surface area contributed by atoms with E-state index in [1.165, 1.54) is 0 Å². The predicted molar refractivity (Wildman–Crippen MR) is 73.1 cm³/mol. The minimum Gasteiger partial charge on any atom is -0.399 e. The molecule has 0 radical (unpaired) electrons. The van der Waals surface area contributed by atoms with E-state index in [1.807, 2.05) is 43.4 Å². The van der Waals surface area contributed by atoms with Crippen LogP contribution in [-0.4, -0.2) is 7.05 Å². The molecule has 0 amide bonds. The van der Waals surface area contributed by atoms with Crippen molar-refractivity contribution in [2.75, 3.05) is 17.7 Å². The van der Waals surface area contributed by atoms with Gasteiger partial charge < -0.3 is 10.6 Å². The fourth-order valence-electron chi connectivity index (χ4n) is 1.57. The summed E-state index contributed by atoms with van der Waals surface area (Å²) in [6.45, 7) is 0. The lowest BCUT2D eigenvalue weighted by Crippen LogP contribution is -2.09. The summed E-state index contributed by atoms with van der Waals surface area (Å²) in [5.74, 6) is 0. The van der Waals surface area contributed by atoms with Crippen LogP contribution in [0.1, 0.15) is 0 Å². The van der Waals surface area contributed by atoms with Gasteiger partial charge in [0.05, 0.1) is 0 Å². The van der Waals surface area contributed by atoms with Gasteiger partial charge in [-0.05, 0) is 36.4 Å². The molecule has 0 aliphatic rings. The number of nitrogens with two attached hydrogens (primary N) is 1. The Bertz CT molecular complexity index is 451. The molecular weight excluding hydrogens is 264 g/mol. The van der Waals surface area contributed by atoms with Crippen LogP contribution in [0.25, 0.3) is 0 Å². The Kier molecular flexibility index (Phi) is 3.15. The first kappa shape index (κ1) is 11.0. The zero-order valence-corrected chi connectivity index (χ0v) is 10.6. The second-order valence-corrected chi connectivity index (χ2v) is 4.55. The summed E-state index contributed by atoms with van der Waals surface area (Å²) in [5.41, 5.74) is 8.75. The Morgan fingerprint density at radius 1 is 1.00 bits per heavy atom. The van der Waals surface area contributed by atoms with Gasteiger partial charge in [0.15, 0.2) is 0 Å². The van der Waals surface area contributed by atoms with Gasteiger partial charge in [-0.3, -0.25) is 0 Å². The summed E-state index contributed by atoms with van der Waals surface area (Å²) in [6.07, 6.45) is 0. The quantitative estimate of drug-likeness (QED) is 0.846. The standard InChI is InChI=1S/C13H13BrN2/c1-16(12-6-2-4-10(14)8-12)13-7-3-5-11(15)9-13/h2-9H,15H2,1H3. The van der Waals surface area contributed by atoms with E-state index in [1.54, 1.807) is 0 Å². The molecule has 2 N–H and O–H groups in total. The van der Waals surface area contributed by atoms with Gasteiger partial charge in [-0.2, -0.15) is 0 Å². The van der Waals surface area contributed by atoms with Crippen molar-refractivity contribution in [2.24, 2.45) is 0 Å². The van der Waals surface area contributed by atoms with Crippen LogP contribution >= 0.6 is 15.9 Å². The monoisotopic (exact) mass is 276 g/mol. The van der Waals surface area contributed by atoms with Crippen molar-refractivity contribution in [3.05, 3.63) is 53.0 Å². The Balaban J connectivity index is 2.35. The number of nitrogens with zero attached hydrogens (tertiary/aromatic N) is 1. The first-order valence-electron chi connectivity index (χ1n) is 5.01. The average Bonchev–Trinajstić information content (AvgIpc) is 2.28. The molecule has 0 bridgehead atoms. The Labute approximate surface area is 104 Å². The summed E-state index contributed by atoms with van der Waals surface area (Å²) in [4.78, 5) is 2.10. The van der Waals surface area contributed by atoms with E-state index >= 15 is 0 Å². The highest BCUT2D eigenvalue weighted by Gasteiger charge is 2.03. The molecule has 2 aromatic rings. The van der Waals surface area contributed by atoms with E-state index in [2.05, 4.69) is 33.0 Å². The summed E-state index contributed by atoms with van der Waals surface area (Å²) in [5, 5.41) is 0. The van der Waals surface area contributed by atoms with Crippen LogP contribution in [-0.2, 0) is 0 Å². The molecule has 0 atom stereocenters. The molecule has 3 heteroatoms. The molecule has 0 aliphatic carbocycles. The number of hydrogen-bond acceptors (Lipinski definition) is 2. The normalized spacial score (nSPS) is 10.1. The molecule has 0 unspecified atom stereocenters. The minimum absolute atomic E-state index is 0.777. The lowest BCUT2D eigenvalue weighted by atomic mass is 10.2. The number of rotatable bonds is 2. The van der Waals surface area contributed by atoms with Gasteiger partial charge in [0.1, 0.15) is 0 Å². The number of nitrogen functional groups attached to an aromatic ring is 1. The summed E-state index contributed by atoms with van der Waals surface area (Å²) in [6, 6.07) is 16.0. The van der Waals surface area contributed by atoms with Crippen molar-refractivity contribution >= 4 is 33.0 Å². The number of halogens is 1. The number of hydrogen-bond donors (Lipinski definition) is 1. The zero-order chi connectivity index (χ0) is 11.5. The van der Waals surface area contributed by atoms with Crippen molar-refractivity contribution in [1.29, 1.82) is 0 Å². The third-order valence-corrected chi connectivity index (χ3v) is 2.95. The fourth-order valence-corrected chi connectivity index (χ4v) is 1.95. The average molecular weight is 277 g/mol. The van der Waals surface area contributed by atoms with Crippen LogP contribution in [0.2, 0.25) is 0 Å². The minimum atomic E-state index is 0.777. The van der Waals surface area contributed by atoms with Crippen LogP contribution < -0.4 is 10.6 Å². The predicted octanol–water partition coefficient (Wildman–Crippen LogP) is 3.80. The van der Waals surface area contributed by atoms with Crippen LogP contribution in [0.5, 0.6) is 0 Å². The van der Waals surface area contributed by atoms with Gasteiger partial charge in [-0.15, -0.1) is 0 Å². The molecule has 16 heavy (non-hydrogen) atoms. The van der Waals surface area contributed by atoms with Gasteiger partial charge in [0.2, 0.25) is 0 Å². The van der Waals surface area contributed by atoms with Crippen molar-refractivity contribution in [3.63, 3.8) is 0 Å². The van der Waals surface area contributed by atoms with E-state index in [0.29, 0.717) is 0 Å². The van der Waals surface area contributed by atoms with E-state index < -0.39 is 0 Å². The molecule has 2 nitrogen and oxygen atoms in total. The summed E-state index contributed by atoms with van der Waals surface area (Å²) >= 11 is 3.47. The Hall–Kier alpha value is -1.48. The fraction of sp³-hybridized carbons (Fsp3) is 0.0769. The molecule has 0 heterocycles. The van der Waals surface area contributed by atoms with Gasteiger partial charge in [-0.25, -0.2) is 0 Å². The largest absolute Gasteiger partial charge is 0.399 e. The smallest absolute Gasteiger partial charge is 0.0428 e. The van der Waals surface area contributed by atoms with Gasteiger partial charge >= 0.3 is 0 Å². The molecular formula is C13H13BrN2. The van der Waals surface area contributed by atoms with Gasteiger partial charge in [-0.1, -0.05) is 28.1 Å². The summed E-state index contributed by atoms with van der Waals surface area (Å²) < 4.78 is 1.07. The molecule has 0 saturated heterocycles. The van der Waals surface area contributed by atoms with E-state index in [-0.39, 0.29) is 0 Å². The maximum absolute atomic E-state index is 5.77. The highest BCUT2D eigenvalue weighted by Crippen LogP contribution is 2.26. The van der Waals surface area contributed by atoms with Crippen molar-refractivity contribution in [1.82, 2.24) is 0 Å². The number of anilines is 3. The first-order valence-corrected chi connectivity index (χ1v) is 5.81. The second kappa shape index (κ2) is 4.58. The summed E-state index contributed by atoms with van der Waals surface area (Å²) in [7, 11) is 2.02. The van der Waals surface area contributed by atoms with Crippen molar-refractivity contribution in [2.45, 2.75) is 0 Å². The number of benzene rings is 2. The van der Waals surface area contributed by atoms with E-state index in [9.17, 15) is 0 Å². The van der Waals surface area contributed by atoms with Crippen LogP contribution in [0.15, 0.2) is 53.0 Å². The Morgan fingerprint density at radius 2 is 1.62 bits per heavy atom. The lowest BCUT2D eigenvalue weighted by molar-refractivity contribution is 1.21. The van der Waals surface area contributed by atoms with E-state index in [4.69, 9.17) is 5.73 Å². The lowest BCUT2D eigenvalue weighted by Gasteiger charge is -2.20. The third kappa shape index (κ3) is 2.36. The molecule has 0 aromatic heterocycles. The molecule has 82 valence electrons. The van der Waals surface area contributed by atoms with E-state index in [0.717, 1.165) is 21.5 Å². The highest BCUT2D eigenvalue weighted by atomic mass is 79.9. The third-order valence-electron chi connectivity index (χ3n) is 2.45. The maximum atomic E-state index is 5.77. The zero-order valence-electron chi connectivity index (χ0n) is 9.02. The molecule has 2 aromatic carbocycles. The van der Waals surface area contributed by atoms with Crippen LogP contribution in [0, 0.1) is 0 Å². The molecule has 2 rings (SSSR count). The Morgan fingerprint density at radius 3 is 2.25 bits per heavy atom. The maximum Gasteiger partial charge on any atom is 0.0428 e. The second-order valence-electron chi connectivity index (χ2n) is 3.63. The van der Waals surface area contributed by atoms with Crippen LogP contribution in [0.3, 0.4) is 0 Å². The van der Waals surface area contributed by atoms with Crippen molar-refractivity contribution < 1.29 is 0 Å². The van der Waals surface area contributed by atoms with Crippen molar-refractivity contribution in [3.8, 4) is 0 Å². The molecule has 0 fully saturated rings. The van der Waals surface area contributed by atoms with Gasteiger partial charge in [0.25, 0.3) is 0 Å². The SMILES string of the molecule is CN(c1cccc(N)c1)c1cccc(Br)c1. The molecule has 0 spiro atoms. The van der Waals surface area contributed by atoms with Gasteiger partial charge in [0, 0.05) is 28.6 Å². The molecule has 0 saturated carbocycles. The highest BCUT2D eigenvalue weighted by molar-refractivity contribution is 9.10.